The van der Waals surface area contributed by atoms with Gasteiger partial charge in [0.25, 0.3) is 11.8 Å². The zero-order valence-electron chi connectivity index (χ0n) is 27.9. The third-order valence-corrected chi connectivity index (χ3v) is 11.2. The third kappa shape index (κ3) is 7.03. The Morgan fingerprint density at radius 3 is 2.02 bits per heavy atom. The number of nitrogens with one attached hydrogen (secondary N) is 2. The van der Waals surface area contributed by atoms with Gasteiger partial charge in [-0.15, -0.1) is 23.1 Å². The van der Waals surface area contributed by atoms with Crippen LogP contribution in [0.2, 0.25) is 0 Å². The molecular formula is C37H36IN5O5S2. The SMILES string of the molecule is CO/N=C(/C(=O)N[C@@H]1C(=O)N2C(C(=O)OC(C)(C)C)=C(CI)CS[C@H]12)c1nc(NC(c2ccccc2)(c2ccccc2)c2ccccc2)cs1. The minimum Gasteiger partial charge on any atom is -0.455 e. The molecule has 2 aliphatic heterocycles. The number of thioether (sulfide) groups is 1. The summed E-state index contributed by atoms with van der Waals surface area (Å²) in [5, 5.41) is 12.2. The number of carbonyl (C=O) groups excluding carboxylic acids is 3. The van der Waals surface area contributed by atoms with Gasteiger partial charge in [0.1, 0.15) is 41.2 Å². The number of anilines is 1. The highest BCUT2D eigenvalue weighted by Crippen LogP contribution is 2.42. The molecule has 50 heavy (non-hydrogen) atoms. The van der Waals surface area contributed by atoms with Crippen LogP contribution in [0.15, 0.2) is 113 Å². The molecule has 3 heterocycles. The number of benzene rings is 3. The number of β-lactam (4-membered cyclic amide) rings is 1. The molecule has 0 unspecified atom stereocenters. The van der Waals surface area contributed by atoms with Crippen LogP contribution in [0.25, 0.3) is 0 Å². The number of rotatable bonds is 11. The number of alkyl halides is 1. The normalized spacial score (nSPS) is 17.8. The third-order valence-electron chi connectivity index (χ3n) is 8.13. The van der Waals surface area contributed by atoms with Crippen molar-refractivity contribution in [3.63, 3.8) is 0 Å². The summed E-state index contributed by atoms with van der Waals surface area (Å²) < 4.78 is 6.20. The Hall–Kier alpha value is -4.21. The van der Waals surface area contributed by atoms with Crippen molar-refractivity contribution in [2.24, 2.45) is 5.16 Å². The van der Waals surface area contributed by atoms with Gasteiger partial charge < -0.3 is 20.2 Å². The Morgan fingerprint density at radius 2 is 1.52 bits per heavy atom. The largest absolute Gasteiger partial charge is 0.455 e. The summed E-state index contributed by atoms with van der Waals surface area (Å²) in [5.41, 5.74) is 2.45. The van der Waals surface area contributed by atoms with Crippen molar-refractivity contribution in [3.8, 4) is 0 Å². The number of fused-ring (bicyclic) bond motifs is 1. The summed E-state index contributed by atoms with van der Waals surface area (Å²) in [6.07, 6.45) is 0. The fourth-order valence-corrected chi connectivity index (χ4v) is 9.06. The van der Waals surface area contributed by atoms with Gasteiger partial charge in [0.2, 0.25) is 5.71 Å². The molecule has 2 amide bonds. The van der Waals surface area contributed by atoms with Crippen LogP contribution >= 0.6 is 45.7 Å². The molecule has 0 radical (unpaired) electrons. The summed E-state index contributed by atoms with van der Waals surface area (Å²) in [7, 11) is 1.35. The van der Waals surface area contributed by atoms with E-state index in [9.17, 15) is 14.4 Å². The second-order valence-corrected chi connectivity index (χ2v) is 15.3. The molecule has 0 saturated carbocycles. The first-order chi connectivity index (χ1) is 24.1. The Bertz CT molecular complexity index is 1830. The quantitative estimate of drug-likeness (QED) is 0.0343. The number of thiazole rings is 1. The number of oxime groups is 1. The van der Waals surface area contributed by atoms with Gasteiger partial charge >= 0.3 is 5.97 Å². The summed E-state index contributed by atoms with van der Waals surface area (Å²) >= 11 is 4.90. The number of amides is 2. The molecule has 2 atom stereocenters. The molecule has 0 bridgehead atoms. The van der Waals surface area contributed by atoms with Gasteiger partial charge in [-0.1, -0.05) is 119 Å². The summed E-state index contributed by atoms with van der Waals surface area (Å²) in [6.45, 7) is 5.35. The average Bonchev–Trinajstić information content (AvgIpc) is 3.59. The van der Waals surface area contributed by atoms with Crippen molar-refractivity contribution in [2.45, 2.75) is 43.3 Å². The lowest BCUT2D eigenvalue weighted by molar-refractivity contribution is -0.158. The zero-order valence-corrected chi connectivity index (χ0v) is 31.7. The van der Waals surface area contributed by atoms with E-state index < -0.39 is 40.3 Å². The number of carbonyl (C=O) groups is 3. The fourth-order valence-electron chi connectivity index (χ4n) is 5.99. The van der Waals surface area contributed by atoms with Crippen LogP contribution < -0.4 is 10.6 Å². The highest BCUT2D eigenvalue weighted by Gasteiger charge is 2.55. The molecule has 10 nitrogen and oxygen atoms in total. The van der Waals surface area contributed by atoms with Crippen LogP contribution in [0.4, 0.5) is 5.82 Å². The van der Waals surface area contributed by atoms with E-state index in [0.29, 0.717) is 21.0 Å². The van der Waals surface area contributed by atoms with Crippen molar-refractivity contribution >= 4 is 75.0 Å². The van der Waals surface area contributed by atoms with Gasteiger partial charge in [0, 0.05) is 15.6 Å². The van der Waals surface area contributed by atoms with E-state index >= 15 is 0 Å². The van der Waals surface area contributed by atoms with Gasteiger partial charge in [-0.25, -0.2) is 9.78 Å². The second kappa shape index (κ2) is 15.0. The standard InChI is InChI=1S/C37H36IN5O5S2/c1-36(2,3)48-35(46)30-23(20-38)21-50-34-29(33(45)43(30)34)40-31(44)28(42-47-4)32-39-27(22-49-32)41-37(24-14-8-5-9-15-24,25-16-10-6-11-17-25)26-18-12-7-13-19-26/h5-19,22,29,34,41H,20-21H2,1-4H3,(H,40,44)/b42-28-/t29-,34-/m1/s1. The fraction of sp³-hybridized carbons (Fsp3) is 0.270. The number of hydrogen-bond acceptors (Lipinski definition) is 10. The summed E-state index contributed by atoms with van der Waals surface area (Å²) in [5.74, 6) is -0.505. The van der Waals surface area contributed by atoms with Crippen molar-refractivity contribution in [3.05, 3.63) is 129 Å². The first-order valence-electron chi connectivity index (χ1n) is 15.9. The lowest BCUT2D eigenvalue weighted by Gasteiger charge is -2.49. The average molecular weight is 822 g/mol. The van der Waals surface area contributed by atoms with Crippen LogP contribution in [-0.4, -0.2) is 67.7 Å². The molecule has 1 saturated heterocycles. The molecule has 258 valence electrons. The molecule has 3 aromatic carbocycles. The van der Waals surface area contributed by atoms with Gasteiger partial charge in [-0.3, -0.25) is 14.5 Å². The first kappa shape index (κ1) is 35.6. The van der Waals surface area contributed by atoms with E-state index in [-0.39, 0.29) is 11.4 Å². The number of aromatic nitrogens is 1. The van der Waals surface area contributed by atoms with E-state index in [4.69, 9.17) is 14.6 Å². The Balaban J connectivity index is 1.27. The van der Waals surface area contributed by atoms with Crippen molar-refractivity contribution < 1.29 is 24.0 Å². The van der Waals surface area contributed by atoms with Crippen LogP contribution in [-0.2, 0) is 29.5 Å². The molecule has 4 aromatic rings. The maximum atomic E-state index is 13.8. The molecule has 1 fully saturated rings. The maximum Gasteiger partial charge on any atom is 0.355 e. The minimum absolute atomic E-state index is 0.0711. The first-order valence-corrected chi connectivity index (χ1v) is 19.3. The molecule has 1 aromatic heterocycles. The summed E-state index contributed by atoms with van der Waals surface area (Å²) in [6, 6.07) is 29.5. The number of ether oxygens (including phenoxy) is 1. The zero-order chi connectivity index (χ0) is 35.5. The number of halogens is 1. The van der Waals surface area contributed by atoms with Crippen LogP contribution in [0, 0.1) is 0 Å². The van der Waals surface area contributed by atoms with E-state index in [1.807, 2.05) is 60.0 Å². The van der Waals surface area contributed by atoms with Gasteiger partial charge in [0.15, 0.2) is 5.01 Å². The maximum absolute atomic E-state index is 13.8. The molecule has 2 N–H and O–H groups in total. The Labute approximate surface area is 312 Å². The Morgan fingerprint density at radius 1 is 0.960 bits per heavy atom. The number of esters is 1. The molecule has 2 aliphatic rings. The van der Waals surface area contributed by atoms with Crippen LogP contribution in [0.5, 0.6) is 0 Å². The minimum atomic E-state index is -0.873. The smallest absolute Gasteiger partial charge is 0.355 e. The van der Waals surface area contributed by atoms with Crippen molar-refractivity contribution in [1.29, 1.82) is 0 Å². The Kier molecular flexibility index (Phi) is 10.6. The molecular weight excluding hydrogens is 785 g/mol. The van der Waals surface area contributed by atoms with Gasteiger partial charge in [-0.05, 0) is 43.0 Å². The highest BCUT2D eigenvalue weighted by molar-refractivity contribution is 14.1. The van der Waals surface area contributed by atoms with Crippen LogP contribution in [0.3, 0.4) is 0 Å². The molecule has 13 heteroatoms. The van der Waals surface area contributed by atoms with Crippen LogP contribution in [0.1, 0.15) is 42.5 Å². The highest BCUT2D eigenvalue weighted by atomic mass is 127. The monoisotopic (exact) mass is 821 g/mol. The molecule has 6 rings (SSSR count). The predicted octanol–water partition coefficient (Wildman–Crippen LogP) is 6.33. The van der Waals surface area contributed by atoms with E-state index in [1.165, 1.54) is 35.1 Å². The van der Waals surface area contributed by atoms with E-state index in [2.05, 4.69) is 74.8 Å². The predicted molar refractivity (Wildman–Crippen MR) is 205 cm³/mol. The molecule has 0 spiro atoms. The number of nitrogens with zero attached hydrogens (tertiary/aromatic N) is 3. The summed E-state index contributed by atoms with van der Waals surface area (Å²) in [4.78, 5) is 51.8. The topological polar surface area (TPSA) is 122 Å². The van der Waals surface area contributed by atoms with Crippen molar-refractivity contribution in [2.75, 3.05) is 22.6 Å². The molecule has 0 aliphatic carbocycles. The van der Waals surface area contributed by atoms with Gasteiger partial charge in [0.05, 0.1) is 0 Å². The van der Waals surface area contributed by atoms with Gasteiger partial charge in [-0.2, -0.15) is 0 Å². The van der Waals surface area contributed by atoms with E-state index in [1.54, 1.807) is 20.8 Å². The van der Waals surface area contributed by atoms with E-state index in [0.717, 1.165) is 22.3 Å². The second-order valence-electron chi connectivity index (χ2n) is 12.6. The lowest BCUT2D eigenvalue weighted by Crippen LogP contribution is -2.71. The number of hydrogen-bond donors (Lipinski definition) is 2. The lowest BCUT2D eigenvalue weighted by atomic mass is 9.77. The van der Waals surface area contributed by atoms with Crippen molar-refractivity contribution in [1.82, 2.24) is 15.2 Å².